The van der Waals surface area contributed by atoms with Gasteiger partial charge in [-0.25, -0.2) is 5.43 Å². The molecule has 2 aromatic carbocycles. The highest BCUT2D eigenvalue weighted by Crippen LogP contribution is 2.42. The van der Waals surface area contributed by atoms with E-state index in [1.165, 1.54) is 5.01 Å². The number of carbonyl (C=O) groups excluding carboxylic acids is 2. The first-order chi connectivity index (χ1) is 12.2. The fourth-order valence-corrected chi connectivity index (χ4v) is 4.71. The van der Waals surface area contributed by atoms with Crippen LogP contribution in [0.5, 0.6) is 0 Å². The number of nitrogens with zero attached hydrogens (tertiary/aromatic N) is 2. The molecule has 2 atom stereocenters. The molecule has 0 bridgehead atoms. The average Bonchev–Trinajstić information content (AvgIpc) is 3.11. The van der Waals surface area contributed by atoms with Crippen molar-refractivity contribution in [2.45, 2.75) is 18.0 Å². The topological polar surface area (TPSA) is 52.7 Å². The summed E-state index contributed by atoms with van der Waals surface area (Å²) in [5, 5.41) is 1.41. The Bertz CT molecular complexity index is 769. The van der Waals surface area contributed by atoms with Gasteiger partial charge in [0.2, 0.25) is 5.91 Å². The van der Waals surface area contributed by atoms with Crippen LogP contribution in [0.1, 0.15) is 16.5 Å². The molecule has 2 fully saturated rings. The molecule has 2 heterocycles. The second kappa shape index (κ2) is 6.90. The zero-order valence-electron chi connectivity index (χ0n) is 13.7. The summed E-state index contributed by atoms with van der Waals surface area (Å²) < 4.78 is 0. The molecule has 2 saturated heterocycles. The molecule has 2 aliphatic heterocycles. The quantitative estimate of drug-likeness (QED) is 0.915. The fraction of sp³-hybridized carbons (Fsp3) is 0.263. The second-order valence-corrected chi connectivity index (χ2v) is 7.27. The summed E-state index contributed by atoms with van der Waals surface area (Å²) in [6.45, 7) is 0.605. The number of nitrogens with one attached hydrogen (secondary N) is 1. The van der Waals surface area contributed by atoms with Gasteiger partial charge in [0.15, 0.2) is 0 Å². The molecule has 2 amide bonds. The Labute approximate surface area is 151 Å². The maximum absolute atomic E-state index is 12.8. The molecule has 0 aliphatic carbocycles. The van der Waals surface area contributed by atoms with Crippen molar-refractivity contribution in [2.75, 3.05) is 12.3 Å². The minimum Gasteiger partial charge on any atom is -0.312 e. The van der Waals surface area contributed by atoms with Crippen LogP contribution in [-0.4, -0.2) is 40.1 Å². The Kier molecular flexibility index (Phi) is 4.46. The number of piperazine rings is 1. The van der Waals surface area contributed by atoms with Crippen molar-refractivity contribution in [2.24, 2.45) is 0 Å². The molecule has 6 heteroatoms. The first-order valence-electron chi connectivity index (χ1n) is 8.30. The normalized spacial score (nSPS) is 23.0. The van der Waals surface area contributed by atoms with E-state index < -0.39 is 0 Å². The first-order valence-corrected chi connectivity index (χ1v) is 9.35. The third kappa shape index (κ3) is 3.15. The summed E-state index contributed by atoms with van der Waals surface area (Å²) in [5.74, 6) is 0.596. The van der Waals surface area contributed by atoms with Gasteiger partial charge in [-0.3, -0.25) is 14.6 Å². The van der Waals surface area contributed by atoms with Gasteiger partial charge in [-0.05, 0) is 11.1 Å². The van der Waals surface area contributed by atoms with E-state index in [0.29, 0.717) is 12.3 Å². The summed E-state index contributed by atoms with van der Waals surface area (Å²) in [5.41, 5.74) is 5.26. The van der Waals surface area contributed by atoms with Crippen molar-refractivity contribution in [3.05, 3.63) is 71.8 Å². The summed E-state index contributed by atoms with van der Waals surface area (Å²) in [6.07, 6.45) is 0. The lowest BCUT2D eigenvalue weighted by molar-refractivity contribution is -0.158. The van der Waals surface area contributed by atoms with Gasteiger partial charge in [0.1, 0.15) is 18.0 Å². The van der Waals surface area contributed by atoms with Crippen LogP contribution in [0.15, 0.2) is 60.7 Å². The molecule has 0 saturated carbocycles. The minimum atomic E-state index is -0.389. The highest BCUT2D eigenvalue weighted by molar-refractivity contribution is 7.99. The molecule has 0 radical (unpaired) electrons. The third-order valence-corrected chi connectivity index (χ3v) is 5.86. The SMILES string of the molecule is O=C1C2CSC(c3ccccc3)N2C(=O)CN1NCc1ccccc1. The Morgan fingerprint density at radius 1 is 1.00 bits per heavy atom. The molecule has 4 rings (SSSR count). The zero-order chi connectivity index (χ0) is 17.2. The summed E-state index contributed by atoms with van der Waals surface area (Å²) in [4.78, 5) is 27.3. The van der Waals surface area contributed by atoms with Crippen LogP contribution < -0.4 is 5.43 Å². The molecule has 2 aliphatic rings. The van der Waals surface area contributed by atoms with E-state index in [1.54, 1.807) is 16.7 Å². The van der Waals surface area contributed by atoms with Crippen LogP contribution in [0.2, 0.25) is 0 Å². The molecule has 25 heavy (non-hydrogen) atoms. The maximum atomic E-state index is 12.8. The van der Waals surface area contributed by atoms with Crippen LogP contribution in [0, 0.1) is 0 Å². The first kappa shape index (κ1) is 16.2. The van der Waals surface area contributed by atoms with E-state index in [2.05, 4.69) is 5.43 Å². The highest BCUT2D eigenvalue weighted by Gasteiger charge is 2.47. The van der Waals surface area contributed by atoms with Crippen molar-refractivity contribution in [1.82, 2.24) is 15.3 Å². The number of benzene rings is 2. The number of rotatable bonds is 4. The zero-order valence-corrected chi connectivity index (χ0v) is 14.5. The smallest absolute Gasteiger partial charge is 0.260 e. The lowest BCUT2D eigenvalue weighted by Gasteiger charge is -2.38. The van der Waals surface area contributed by atoms with E-state index in [9.17, 15) is 9.59 Å². The summed E-state index contributed by atoms with van der Waals surface area (Å²) in [7, 11) is 0. The molecule has 2 aromatic rings. The van der Waals surface area contributed by atoms with Gasteiger partial charge in [0, 0.05) is 12.3 Å². The summed E-state index contributed by atoms with van der Waals surface area (Å²) >= 11 is 1.65. The fourth-order valence-electron chi connectivity index (χ4n) is 3.27. The van der Waals surface area contributed by atoms with Gasteiger partial charge in [-0.2, -0.15) is 0 Å². The van der Waals surface area contributed by atoms with Crippen LogP contribution in [0.4, 0.5) is 0 Å². The molecule has 5 nitrogen and oxygen atoms in total. The Morgan fingerprint density at radius 2 is 1.68 bits per heavy atom. The number of amides is 2. The number of hydrogen-bond acceptors (Lipinski definition) is 4. The third-order valence-electron chi connectivity index (χ3n) is 4.53. The standard InChI is InChI=1S/C19H19N3O2S/c23-17-12-21(20-11-14-7-3-1-4-8-14)18(24)16-13-25-19(22(16)17)15-9-5-2-6-10-15/h1-10,16,19-20H,11-13H2. The van der Waals surface area contributed by atoms with E-state index in [0.717, 1.165) is 11.1 Å². The monoisotopic (exact) mass is 353 g/mol. The number of hydrazine groups is 1. The van der Waals surface area contributed by atoms with E-state index in [4.69, 9.17) is 0 Å². The van der Waals surface area contributed by atoms with Gasteiger partial charge in [-0.1, -0.05) is 60.7 Å². The van der Waals surface area contributed by atoms with Gasteiger partial charge < -0.3 is 4.90 Å². The second-order valence-electron chi connectivity index (χ2n) is 6.16. The molecule has 2 unspecified atom stereocenters. The molecule has 0 spiro atoms. The van der Waals surface area contributed by atoms with Crippen molar-refractivity contribution in [1.29, 1.82) is 0 Å². The van der Waals surface area contributed by atoms with Gasteiger partial charge in [0.05, 0.1) is 0 Å². The number of thioether (sulfide) groups is 1. The number of carbonyl (C=O) groups is 2. The van der Waals surface area contributed by atoms with Gasteiger partial charge in [-0.15, -0.1) is 11.8 Å². The van der Waals surface area contributed by atoms with E-state index >= 15 is 0 Å². The number of hydrogen-bond donors (Lipinski definition) is 1. The van der Waals surface area contributed by atoms with Crippen molar-refractivity contribution >= 4 is 23.6 Å². The van der Waals surface area contributed by atoms with Crippen LogP contribution >= 0.6 is 11.8 Å². The predicted octanol–water partition coefficient (Wildman–Crippen LogP) is 2.18. The average molecular weight is 353 g/mol. The van der Waals surface area contributed by atoms with Crippen LogP contribution in [0.3, 0.4) is 0 Å². The van der Waals surface area contributed by atoms with Gasteiger partial charge >= 0.3 is 0 Å². The molecule has 0 aromatic heterocycles. The highest BCUT2D eigenvalue weighted by atomic mass is 32.2. The van der Waals surface area contributed by atoms with Crippen molar-refractivity contribution < 1.29 is 9.59 Å². The van der Waals surface area contributed by atoms with Crippen molar-refractivity contribution in [3.8, 4) is 0 Å². The van der Waals surface area contributed by atoms with Crippen LogP contribution in [0.25, 0.3) is 0 Å². The van der Waals surface area contributed by atoms with E-state index in [1.807, 2.05) is 60.7 Å². The van der Waals surface area contributed by atoms with Gasteiger partial charge in [0.25, 0.3) is 5.91 Å². The molecule has 128 valence electrons. The predicted molar refractivity (Wildman–Crippen MR) is 97.3 cm³/mol. The summed E-state index contributed by atoms with van der Waals surface area (Å²) in [6, 6.07) is 19.4. The number of fused-ring (bicyclic) bond motifs is 1. The Balaban J connectivity index is 1.47. The van der Waals surface area contributed by atoms with E-state index in [-0.39, 0.29) is 29.8 Å². The molecule has 1 N–H and O–H groups in total. The lowest BCUT2D eigenvalue weighted by atomic mass is 10.1. The Morgan fingerprint density at radius 3 is 2.40 bits per heavy atom. The Hall–Kier alpha value is -2.31. The lowest BCUT2D eigenvalue weighted by Crippen LogP contribution is -2.62. The van der Waals surface area contributed by atoms with Crippen molar-refractivity contribution in [3.63, 3.8) is 0 Å². The van der Waals surface area contributed by atoms with Crippen LogP contribution in [-0.2, 0) is 16.1 Å². The largest absolute Gasteiger partial charge is 0.312 e. The molecular weight excluding hydrogens is 334 g/mol. The minimum absolute atomic E-state index is 0.0102. The maximum Gasteiger partial charge on any atom is 0.260 e. The molecular formula is C19H19N3O2S.